The topological polar surface area (TPSA) is 32.3 Å². The van der Waals surface area contributed by atoms with E-state index in [4.69, 9.17) is 0 Å². The lowest BCUT2D eigenvalue weighted by Crippen LogP contribution is -2.35. The van der Waals surface area contributed by atoms with Gasteiger partial charge in [0, 0.05) is 53.7 Å². The standard InChI is InChI=1S/C16H26N2OS/c1-3-18(4-2)16-7-5-14(6-8-16)13-17-15-9-11-20(19)12-10-15/h5-8,15,17H,3-4,9-13H2,1-2H3. The smallest absolute Gasteiger partial charge is 0.0366 e. The largest absolute Gasteiger partial charge is 0.372 e. The number of hydrogen-bond acceptors (Lipinski definition) is 3. The fourth-order valence-electron chi connectivity index (χ4n) is 2.67. The summed E-state index contributed by atoms with van der Waals surface area (Å²) in [5.74, 6) is 1.72. The zero-order valence-electron chi connectivity index (χ0n) is 12.6. The molecule has 0 spiro atoms. The molecule has 0 atom stereocenters. The van der Waals surface area contributed by atoms with Crippen molar-refractivity contribution in [3.8, 4) is 0 Å². The molecule has 1 aliphatic rings. The van der Waals surface area contributed by atoms with Crippen LogP contribution in [0.2, 0.25) is 0 Å². The molecular formula is C16H26N2OS. The van der Waals surface area contributed by atoms with E-state index in [0.717, 1.165) is 44.0 Å². The van der Waals surface area contributed by atoms with Gasteiger partial charge < -0.3 is 10.2 Å². The van der Waals surface area contributed by atoms with E-state index in [1.165, 1.54) is 11.3 Å². The van der Waals surface area contributed by atoms with Crippen molar-refractivity contribution in [3.63, 3.8) is 0 Å². The molecule has 0 aromatic heterocycles. The van der Waals surface area contributed by atoms with Crippen molar-refractivity contribution in [2.24, 2.45) is 0 Å². The van der Waals surface area contributed by atoms with Gasteiger partial charge in [-0.15, -0.1) is 0 Å². The van der Waals surface area contributed by atoms with Gasteiger partial charge in [-0.2, -0.15) is 0 Å². The van der Waals surface area contributed by atoms with Gasteiger partial charge in [0.05, 0.1) is 0 Å². The first kappa shape index (κ1) is 15.5. The van der Waals surface area contributed by atoms with Crippen LogP contribution < -0.4 is 10.2 Å². The van der Waals surface area contributed by atoms with Crippen molar-refractivity contribution in [3.05, 3.63) is 29.8 Å². The van der Waals surface area contributed by atoms with Crippen molar-refractivity contribution in [2.45, 2.75) is 39.3 Å². The lowest BCUT2D eigenvalue weighted by Gasteiger charge is -2.23. The summed E-state index contributed by atoms with van der Waals surface area (Å²) in [6.07, 6.45) is 2.09. The Labute approximate surface area is 125 Å². The van der Waals surface area contributed by atoms with Gasteiger partial charge in [-0.3, -0.25) is 4.21 Å². The fraction of sp³-hybridized carbons (Fsp3) is 0.625. The molecule has 0 radical (unpaired) electrons. The Balaban J connectivity index is 1.83. The Morgan fingerprint density at radius 3 is 2.30 bits per heavy atom. The van der Waals surface area contributed by atoms with Gasteiger partial charge in [-0.05, 0) is 44.4 Å². The van der Waals surface area contributed by atoms with Crippen LogP contribution in [0.4, 0.5) is 5.69 Å². The normalized spacial score (nSPS) is 22.7. The van der Waals surface area contributed by atoms with E-state index in [9.17, 15) is 4.21 Å². The molecule has 112 valence electrons. The van der Waals surface area contributed by atoms with E-state index in [0.29, 0.717) is 6.04 Å². The molecule has 2 rings (SSSR count). The number of benzene rings is 1. The number of hydrogen-bond donors (Lipinski definition) is 1. The Kier molecular flexibility index (Phi) is 6.05. The summed E-state index contributed by atoms with van der Waals surface area (Å²) in [5, 5.41) is 3.59. The van der Waals surface area contributed by atoms with Gasteiger partial charge in [0.2, 0.25) is 0 Å². The Bertz CT molecular complexity index is 419. The zero-order chi connectivity index (χ0) is 14.4. The summed E-state index contributed by atoms with van der Waals surface area (Å²) in [6.45, 7) is 7.38. The molecule has 1 heterocycles. The van der Waals surface area contributed by atoms with Crippen LogP contribution in [0, 0.1) is 0 Å². The predicted octanol–water partition coefficient (Wildman–Crippen LogP) is 2.53. The van der Waals surface area contributed by atoms with Gasteiger partial charge in [0.1, 0.15) is 0 Å². The van der Waals surface area contributed by atoms with Crippen LogP contribution in [-0.2, 0) is 17.3 Å². The minimum absolute atomic E-state index is 0.537. The predicted molar refractivity (Wildman–Crippen MR) is 87.7 cm³/mol. The van der Waals surface area contributed by atoms with Gasteiger partial charge in [0.15, 0.2) is 0 Å². The minimum Gasteiger partial charge on any atom is -0.372 e. The Morgan fingerprint density at radius 1 is 1.15 bits per heavy atom. The summed E-state index contributed by atoms with van der Waals surface area (Å²) in [6, 6.07) is 9.37. The monoisotopic (exact) mass is 294 g/mol. The van der Waals surface area contributed by atoms with Crippen molar-refractivity contribution in [1.29, 1.82) is 0 Å². The lowest BCUT2D eigenvalue weighted by atomic mass is 10.1. The molecule has 0 aliphatic carbocycles. The number of anilines is 1. The van der Waals surface area contributed by atoms with Crippen LogP contribution in [0.3, 0.4) is 0 Å². The maximum Gasteiger partial charge on any atom is 0.0366 e. The second-order valence-corrected chi connectivity index (χ2v) is 7.04. The second kappa shape index (κ2) is 7.79. The van der Waals surface area contributed by atoms with Crippen LogP contribution in [-0.4, -0.2) is 34.8 Å². The summed E-state index contributed by atoms with van der Waals surface area (Å²) in [4.78, 5) is 2.35. The summed E-state index contributed by atoms with van der Waals surface area (Å²) in [7, 11) is -0.565. The molecule has 3 nitrogen and oxygen atoms in total. The molecule has 1 fully saturated rings. The lowest BCUT2D eigenvalue weighted by molar-refractivity contribution is 0.475. The highest BCUT2D eigenvalue weighted by atomic mass is 32.2. The van der Waals surface area contributed by atoms with Gasteiger partial charge in [-0.25, -0.2) is 0 Å². The third kappa shape index (κ3) is 4.32. The first-order valence-corrected chi connectivity index (χ1v) is 9.14. The molecular weight excluding hydrogens is 268 g/mol. The maximum atomic E-state index is 11.3. The van der Waals surface area contributed by atoms with E-state index in [1.807, 2.05) is 0 Å². The Morgan fingerprint density at radius 2 is 1.75 bits per heavy atom. The number of rotatable bonds is 6. The third-order valence-electron chi connectivity index (χ3n) is 4.05. The number of nitrogens with zero attached hydrogens (tertiary/aromatic N) is 1. The Hall–Kier alpha value is -0.870. The second-order valence-electron chi connectivity index (χ2n) is 5.34. The van der Waals surface area contributed by atoms with Crippen molar-refractivity contribution in [1.82, 2.24) is 5.32 Å². The summed E-state index contributed by atoms with van der Waals surface area (Å²) >= 11 is 0. The van der Waals surface area contributed by atoms with E-state index in [2.05, 4.69) is 48.3 Å². The van der Waals surface area contributed by atoms with E-state index in [-0.39, 0.29) is 0 Å². The van der Waals surface area contributed by atoms with E-state index >= 15 is 0 Å². The molecule has 1 aromatic carbocycles. The van der Waals surface area contributed by atoms with Crippen LogP contribution in [0.25, 0.3) is 0 Å². The molecule has 1 saturated heterocycles. The van der Waals surface area contributed by atoms with Crippen molar-refractivity contribution >= 4 is 16.5 Å². The molecule has 0 amide bonds. The molecule has 1 N–H and O–H groups in total. The molecule has 1 aromatic rings. The molecule has 4 heteroatoms. The number of nitrogens with one attached hydrogen (secondary N) is 1. The van der Waals surface area contributed by atoms with Gasteiger partial charge in [-0.1, -0.05) is 12.1 Å². The van der Waals surface area contributed by atoms with Crippen LogP contribution in [0.5, 0.6) is 0 Å². The third-order valence-corrected chi connectivity index (χ3v) is 5.43. The zero-order valence-corrected chi connectivity index (χ0v) is 13.4. The van der Waals surface area contributed by atoms with Crippen LogP contribution >= 0.6 is 0 Å². The van der Waals surface area contributed by atoms with Crippen LogP contribution in [0.1, 0.15) is 32.3 Å². The first-order valence-electron chi connectivity index (χ1n) is 7.65. The van der Waals surface area contributed by atoms with Gasteiger partial charge in [0.25, 0.3) is 0 Å². The highest BCUT2D eigenvalue weighted by molar-refractivity contribution is 7.85. The SMILES string of the molecule is CCN(CC)c1ccc(CNC2CCS(=O)CC2)cc1. The highest BCUT2D eigenvalue weighted by Gasteiger charge is 2.16. The average Bonchev–Trinajstić information content (AvgIpc) is 2.49. The molecule has 1 aliphatic heterocycles. The van der Waals surface area contributed by atoms with Crippen molar-refractivity contribution in [2.75, 3.05) is 29.5 Å². The quantitative estimate of drug-likeness (QED) is 0.875. The van der Waals surface area contributed by atoms with Crippen LogP contribution in [0.15, 0.2) is 24.3 Å². The summed E-state index contributed by atoms with van der Waals surface area (Å²) < 4.78 is 11.3. The van der Waals surface area contributed by atoms with E-state index in [1.54, 1.807) is 0 Å². The minimum atomic E-state index is -0.565. The summed E-state index contributed by atoms with van der Waals surface area (Å²) in [5.41, 5.74) is 2.62. The highest BCUT2D eigenvalue weighted by Crippen LogP contribution is 2.15. The van der Waals surface area contributed by atoms with Crippen molar-refractivity contribution < 1.29 is 4.21 Å². The molecule has 0 saturated carbocycles. The molecule has 20 heavy (non-hydrogen) atoms. The molecule has 0 unspecified atom stereocenters. The van der Waals surface area contributed by atoms with Gasteiger partial charge >= 0.3 is 0 Å². The van der Waals surface area contributed by atoms with E-state index < -0.39 is 10.8 Å². The first-order chi connectivity index (χ1) is 9.72. The fourth-order valence-corrected chi connectivity index (χ4v) is 3.97. The maximum absolute atomic E-state index is 11.3. The average molecular weight is 294 g/mol. The molecule has 0 bridgehead atoms.